The second-order valence-corrected chi connectivity index (χ2v) is 11.9. The zero-order valence-corrected chi connectivity index (χ0v) is 22.3. The van der Waals surface area contributed by atoms with Gasteiger partial charge >= 0.3 is 0 Å². The maximum absolute atomic E-state index is 5.34. The van der Waals surface area contributed by atoms with Crippen molar-refractivity contribution >= 4 is 85.0 Å². The van der Waals surface area contributed by atoms with Crippen LogP contribution in [0.3, 0.4) is 0 Å². The van der Waals surface area contributed by atoms with Gasteiger partial charge in [0.2, 0.25) is 5.95 Å². The van der Waals surface area contributed by atoms with E-state index < -0.39 is 0 Å². The number of hydrogen-bond acceptors (Lipinski definition) is 4. The number of hydrogen-bond donors (Lipinski definition) is 0. The van der Waals surface area contributed by atoms with E-state index in [-0.39, 0.29) is 0 Å². The predicted octanol–water partition coefficient (Wildman–Crippen LogP) is 9.98. The Labute approximate surface area is 231 Å². The third kappa shape index (κ3) is 2.97. The minimum Gasteiger partial charge on any atom is -0.276 e. The summed E-state index contributed by atoms with van der Waals surface area (Å²) < 4.78 is 7.21. The third-order valence-corrected chi connectivity index (χ3v) is 9.99. The van der Waals surface area contributed by atoms with Gasteiger partial charge in [-0.05, 0) is 18.2 Å². The summed E-state index contributed by atoms with van der Waals surface area (Å²) in [4.78, 5) is 10.7. The molecule has 0 N–H and O–H groups in total. The van der Waals surface area contributed by atoms with Gasteiger partial charge in [0.15, 0.2) is 0 Å². The van der Waals surface area contributed by atoms with Crippen LogP contribution in [0.15, 0.2) is 115 Å². The van der Waals surface area contributed by atoms with Crippen LogP contribution in [0.4, 0.5) is 0 Å². The van der Waals surface area contributed by atoms with Gasteiger partial charge in [0.1, 0.15) is 0 Å². The number of aromatic nitrogens is 3. The average Bonchev–Trinajstić information content (AvgIpc) is 3.66. The van der Waals surface area contributed by atoms with Gasteiger partial charge in [-0.2, -0.15) is 0 Å². The molecule has 5 heteroatoms. The van der Waals surface area contributed by atoms with Gasteiger partial charge in [-0.1, -0.05) is 97.1 Å². The van der Waals surface area contributed by atoms with Crippen LogP contribution in [-0.4, -0.2) is 14.5 Å². The molecule has 0 amide bonds. The van der Waals surface area contributed by atoms with Gasteiger partial charge in [-0.15, -0.1) is 22.7 Å². The van der Waals surface area contributed by atoms with E-state index in [1.807, 2.05) is 11.3 Å². The van der Waals surface area contributed by atoms with Gasteiger partial charge in [-0.25, -0.2) is 9.97 Å². The summed E-state index contributed by atoms with van der Waals surface area (Å²) in [6.45, 7) is 0. The lowest BCUT2D eigenvalue weighted by Crippen LogP contribution is -2.02. The fourth-order valence-corrected chi connectivity index (χ4v) is 8.30. The molecule has 0 saturated heterocycles. The lowest BCUT2D eigenvalue weighted by atomic mass is 10.1. The number of fused-ring (bicyclic) bond motifs is 10. The monoisotopic (exact) mass is 533 g/mol. The molecule has 0 atom stereocenters. The van der Waals surface area contributed by atoms with Crippen LogP contribution in [0.1, 0.15) is 0 Å². The Morgan fingerprint density at radius 1 is 0.487 bits per heavy atom. The van der Waals surface area contributed by atoms with Crippen molar-refractivity contribution in [2.75, 3.05) is 0 Å². The fourth-order valence-electron chi connectivity index (χ4n) is 5.91. The summed E-state index contributed by atoms with van der Waals surface area (Å²) in [5.41, 5.74) is 5.38. The van der Waals surface area contributed by atoms with Crippen LogP contribution in [0, 0.1) is 0 Å². The number of benzene rings is 5. The van der Waals surface area contributed by atoms with Crippen LogP contribution >= 0.6 is 22.7 Å². The molecule has 9 aromatic rings. The summed E-state index contributed by atoms with van der Waals surface area (Å²) in [6, 6.07) is 40.9. The van der Waals surface area contributed by atoms with Gasteiger partial charge < -0.3 is 0 Å². The van der Waals surface area contributed by atoms with E-state index in [0.717, 1.165) is 27.0 Å². The van der Waals surface area contributed by atoms with Crippen molar-refractivity contribution in [3.63, 3.8) is 0 Å². The van der Waals surface area contributed by atoms with Crippen LogP contribution in [-0.2, 0) is 0 Å². The van der Waals surface area contributed by atoms with E-state index >= 15 is 0 Å². The summed E-state index contributed by atoms with van der Waals surface area (Å²) in [5, 5.41) is 6.18. The molecule has 0 fully saturated rings. The minimum absolute atomic E-state index is 0.709. The Balaban J connectivity index is 1.49. The molecule has 5 aromatic carbocycles. The molecular formula is C34H19N3S2. The quantitative estimate of drug-likeness (QED) is 0.221. The van der Waals surface area contributed by atoms with E-state index in [4.69, 9.17) is 9.97 Å². The second-order valence-electron chi connectivity index (χ2n) is 9.80. The van der Waals surface area contributed by atoms with Gasteiger partial charge in [-0.3, -0.25) is 4.57 Å². The minimum atomic E-state index is 0.709. The smallest absolute Gasteiger partial charge is 0.235 e. The molecule has 9 rings (SSSR count). The van der Waals surface area contributed by atoms with Gasteiger partial charge in [0.05, 0.1) is 31.6 Å². The summed E-state index contributed by atoms with van der Waals surface area (Å²) >= 11 is 3.62. The van der Waals surface area contributed by atoms with Gasteiger partial charge in [0.25, 0.3) is 0 Å². The van der Waals surface area contributed by atoms with Crippen molar-refractivity contribution in [2.24, 2.45) is 0 Å². The lowest BCUT2D eigenvalue weighted by Gasteiger charge is -2.10. The number of para-hydroxylation sites is 1. The SMILES string of the molecule is c1ccc(-c2nc(-n3c4ccccc4c4ccc5c6ccccc6sc5c43)nc3c2sc2ccccc23)cc1. The first-order valence-corrected chi connectivity index (χ1v) is 14.6. The number of thiophene rings is 2. The van der Waals surface area contributed by atoms with Crippen molar-refractivity contribution in [1.29, 1.82) is 0 Å². The van der Waals surface area contributed by atoms with Crippen LogP contribution in [0.5, 0.6) is 0 Å². The molecule has 4 aromatic heterocycles. The molecule has 0 spiro atoms. The van der Waals surface area contributed by atoms with E-state index in [1.165, 1.54) is 46.5 Å². The number of rotatable bonds is 2. The summed E-state index contributed by atoms with van der Waals surface area (Å²) in [7, 11) is 0. The van der Waals surface area contributed by atoms with Crippen molar-refractivity contribution in [3.8, 4) is 17.2 Å². The standard InChI is InChI=1S/C34H19N3S2/c1-2-10-20(11-3-1)29-33-30(25-14-6-9-17-28(25)39-33)36-34(35-29)37-26-15-7-4-12-21(26)23-18-19-24-22-13-5-8-16-27(22)38-32(24)31(23)37/h1-19H. The molecule has 3 nitrogen and oxygen atoms in total. The van der Waals surface area contributed by atoms with Crippen molar-refractivity contribution in [1.82, 2.24) is 14.5 Å². The van der Waals surface area contributed by atoms with Crippen molar-refractivity contribution in [2.45, 2.75) is 0 Å². The topological polar surface area (TPSA) is 30.7 Å². The highest BCUT2D eigenvalue weighted by atomic mass is 32.1. The molecule has 0 radical (unpaired) electrons. The molecule has 4 heterocycles. The Hall–Kier alpha value is -4.58. The predicted molar refractivity (Wildman–Crippen MR) is 168 cm³/mol. The summed E-state index contributed by atoms with van der Waals surface area (Å²) in [6.07, 6.45) is 0. The highest BCUT2D eigenvalue weighted by Crippen LogP contribution is 2.44. The first-order valence-electron chi connectivity index (χ1n) is 12.9. The molecule has 0 unspecified atom stereocenters. The first kappa shape index (κ1) is 21.4. The first-order chi connectivity index (χ1) is 19.3. The zero-order valence-electron chi connectivity index (χ0n) is 20.6. The third-order valence-electron chi connectivity index (χ3n) is 7.63. The maximum atomic E-state index is 5.34. The van der Waals surface area contributed by atoms with Crippen molar-refractivity contribution < 1.29 is 0 Å². The Morgan fingerprint density at radius 2 is 1.13 bits per heavy atom. The van der Waals surface area contributed by atoms with E-state index in [9.17, 15) is 0 Å². The molecule has 39 heavy (non-hydrogen) atoms. The molecule has 0 bridgehead atoms. The second kappa shape index (κ2) is 7.96. The maximum Gasteiger partial charge on any atom is 0.235 e. The normalized spacial score (nSPS) is 12.1. The van der Waals surface area contributed by atoms with Crippen molar-refractivity contribution in [3.05, 3.63) is 115 Å². The van der Waals surface area contributed by atoms with Crippen LogP contribution < -0.4 is 0 Å². The largest absolute Gasteiger partial charge is 0.276 e. The highest BCUT2D eigenvalue weighted by molar-refractivity contribution is 7.27. The Kier molecular flexibility index (Phi) is 4.36. The zero-order chi connectivity index (χ0) is 25.5. The molecule has 0 aliphatic carbocycles. The van der Waals surface area contributed by atoms with Gasteiger partial charge in [0, 0.05) is 41.9 Å². The van der Waals surface area contributed by atoms with E-state index in [0.29, 0.717) is 5.95 Å². The molecule has 0 aliphatic heterocycles. The van der Waals surface area contributed by atoms with E-state index in [1.54, 1.807) is 11.3 Å². The Morgan fingerprint density at radius 3 is 1.97 bits per heavy atom. The average molecular weight is 534 g/mol. The molecule has 0 aliphatic rings. The van der Waals surface area contributed by atoms with Crippen LogP contribution in [0.25, 0.3) is 79.5 Å². The van der Waals surface area contributed by atoms with E-state index in [2.05, 4.69) is 120 Å². The van der Waals surface area contributed by atoms with Crippen LogP contribution in [0.2, 0.25) is 0 Å². The lowest BCUT2D eigenvalue weighted by molar-refractivity contribution is 1.02. The highest BCUT2D eigenvalue weighted by Gasteiger charge is 2.22. The molecule has 0 saturated carbocycles. The molecular weight excluding hydrogens is 515 g/mol. The summed E-state index contributed by atoms with van der Waals surface area (Å²) in [5.74, 6) is 0.709. The molecule has 182 valence electrons. The fraction of sp³-hybridized carbons (Fsp3) is 0. The number of nitrogens with zero attached hydrogens (tertiary/aromatic N) is 3. The Bertz CT molecular complexity index is 2390.